The zero-order valence-electron chi connectivity index (χ0n) is 10.3. The van der Waals surface area contributed by atoms with E-state index in [4.69, 9.17) is 10.5 Å². The summed E-state index contributed by atoms with van der Waals surface area (Å²) in [5.74, 6) is 0. The average molecular weight is 216 g/mol. The molecule has 0 unspecified atom stereocenters. The fraction of sp³-hybridized carbons (Fsp3) is 0.571. The molecule has 0 atom stereocenters. The molecule has 0 spiro atoms. The van der Waals surface area contributed by atoms with Crippen LogP contribution < -0.4 is 0 Å². The Morgan fingerprint density at radius 3 is 1.50 bits per heavy atom. The van der Waals surface area contributed by atoms with Gasteiger partial charge in [0.25, 0.3) is 0 Å². The molecule has 0 bridgehead atoms. The highest BCUT2D eigenvalue weighted by atomic mass is 14.2. The summed E-state index contributed by atoms with van der Waals surface area (Å²) >= 11 is 0. The van der Waals surface area contributed by atoms with Crippen LogP contribution in [-0.4, -0.2) is 0 Å². The van der Waals surface area contributed by atoms with Crippen molar-refractivity contribution in [2.24, 2.45) is 0 Å². The van der Waals surface area contributed by atoms with Crippen molar-refractivity contribution in [2.75, 3.05) is 0 Å². The van der Waals surface area contributed by atoms with E-state index in [-0.39, 0.29) is 0 Å². The van der Waals surface area contributed by atoms with Gasteiger partial charge < -0.3 is 0 Å². The summed E-state index contributed by atoms with van der Waals surface area (Å²) in [6.45, 7) is 4.21. The Balaban J connectivity index is 4.41. The summed E-state index contributed by atoms with van der Waals surface area (Å²) in [6.07, 6.45) is 9.46. The molecule has 2 heteroatoms. The van der Waals surface area contributed by atoms with Gasteiger partial charge in [0.1, 0.15) is 0 Å². The Labute approximate surface area is 98.9 Å². The van der Waals surface area contributed by atoms with Gasteiger partial charge in [-0.05, 0) is 37.8 Å². The maximum atomic E-state index is 8.88. The molecule has 0 aromatic rings. The molecule has 0 saturated heterocycles. The Kier molecular flexibility index (Phi) is 9.03. The summed E-state index contributed by atoms with van der Waals surface area (Å²) in [4.78, 5) is 0. The minimum absolute atomic E-state index is 0.770. The summed E-state index contributed by atoms with van der Waals surface area (Å²) in [5.41, 5.74) is 1.54. The summed E-state index contributed by atoms with van der Waals surface area (Å²) < 4.78 is 0. The van der Waals surface area contributed by atoms with Gasteiger partial charge in [-0.25, -0.2) is 0 Å². The molecule has 0 aromatic carbocycles. The highest BCUT2D eigenvalue weighted by Gasteiger charge is 1.96. The third-order valence-corrected chi connectivity index (χ3v) is 2.37. The first-order valence-corrected chi connectivity index (χ1v) is 5.98. The van der Waals surface area contributed by atoms with E-state index in [1.165, 1.54) is 0 Å². The van der Waals surface area contributed by atoms with Crippen LogP contribution in [0.3, 0.4) is 0 Å². The van der Waals surface area contributed by atoms with Gasteiger partial charge in [0.05, 0.1) is 12.1 Å². The number of hydrogen-bond acceptors (Lipinski definition) is 2. The molecule has 0 rings (SSSR count). The van der Waals surface area contributed by atoms with Gasteiger partial charge in [0.15, 0.2) is 0 Å². The second-order valence-electron chi connectivity index (χ2n) is 3.81. The predicted octanol–water partition coefficient (Wildman–Crippen LogP) is 4.27. The minimum Gasteiger partial charge on any atom is -0.193 e. The Hall–Kier alpha value is -1.54. The lowest BCUT2D eigenvalue weighted by Gasteiger charge is -1.96. The summed E-state index contributed by atoms with van der Waals surface area (Å²) in [6, 6.07) is 4.36. The van der Waals surface area contributed by atoms with Crippen molar-refractivity contribution in [3.63, 3.8) is 0 Å². The van der Waals surface area contributed by atoms with Gasteiger partial charge in [0.2, 0.25) is 0 Å². The Morgan fingerprint density at radius 1 is 0.875 bits per heavy atom. The number of nitrogens with zero attached hydrogens (tertiary/aromatic N) is 2. The van der Waals surface area contributed by atoms with Crippen LogP contribution in [0.4, 0.5) is 0 Å². The highest BCUT2D eigenvalue weighted by molar-refractivity contribution is 5.32. The molecule has 0 saturated carbocycles. The molecular formula is C14H20N2. The fourth-order valence-corrected chi connectivity index (χ4v) is 1.29. The van der Waals surface area contributed by atoms with Crippen LogP contribution in [0.1, 0.15) is 52.4 Å². The van der Waals surface area contributed by atoms with Gasteiger partial charge in [-0.2, -0.15) is 10.5 Å². The molecule has 2 nitrogen and oxygen atoms in total. The average Bonchev–Trinajstić information content (AvgIpc) is 2.33. The fourth-order valence-electron chi connectivity index (χ4n) is 1.29. The van der Waals surface area contributed by atoms with Gasteiger partial charge in [-0.1, -0.05) is 26.7 Å². The zero-order valence-corrected chi connectivity index (χ0v) is 10.3. The number of nitriles is 2. The third-order valence-electron chi connectivity index (χ3n) is 2.37. The van der Waals surface area contributed by atoms with Crippen LogP contribution in [0.5, 0.6) is 0 Å². The molecule has 0 amide bonds. The SMILES string of the molecule is CCCC/C(C#N)=C/C=C(\C#N)CCCC. The lowest BCUT2D eigenvalue weighted by molar-refractivity contribution is 0.796. The Bertz CT molecular complexity index is 290. The standard InChI is InChI=1S/C14H20N2/c1-3-5-7-13(11-15)9-10-14(12-16)8-6-4-2/h9-10H,3-8H2,1-2H3/b13-9-,14-10-. The maximum absolute atomic E-state index is 8.88. The van der Waals surface area contributed by atoms with Crippen molar-refractivity contribution in [1.82, 2.24) is 0 Å². The normalized spacial score (nSPS) is 12.0. The summed E-state index contributed by atoms with van der Waals surface area (Å²) in [5, 5.41) is 17.8. The molecule has 0 heterocycles. The van der Waals surface area contributed by atoms with E-state index in [1.54, 1.807) is 12.2 Å². The van der Waals surface area contributed by atoms with Crippen LogP contribution in [0.2, 0.25) is 0 Å². The van der Waals surface area contributed by atoms with E-state index >= 15 is 0 Å². The van der Waals surface area contributed by atoms with E-state index in [9.17, 15) is 0 Å². The molecule has 16 heavy (non-hydrogen) atoms. The Morgan fingerprint density at radius 2 is 1.25 bits per heavy atom. The van der Waals surface area contributed by atoms with Gasteiger partial charge >= 0.3 is 0 Å². The quantitative estimate of drug-likeness (QED) is 0.471. The number of unbranched alkanes of at least 4 members (excludes halogenated alkanes) is 2. The zero-order chi connectivity index (χ0) is 12.2. The second kappa shape index (κ2) is 9.99. The lowest BCUT2D eigenvalue weighted by Crippen LogP contribution is -1.82. The second-order valence-corrected chi connectivity index (χ2v) is 3.81. The van der Waals surface area contributed by atoms with Gasteiger partial charge in [-0.15, -0.1) is 0 Å². The van der Waals surface area contributed by atoms with Crippen LogP contribution in [0, 0.1) is 22.7 Å². The van der Waals surface area contributed by atoms with Crippen LogP contribution in [-0.2, 0) is 0 Å². The van der Waals surface area contributed by atoms with Crippen LogP contribution >= 0.6 is 0 Å². The first-order chi connectivity index (χ1) is 7.78. The molecule has 0 aliphatic carbocycles. The number of hydrogen-bond donors (Lipinski definition) is 0. The molecule has 86 valence electrons. The highest BCUT2D eigenvalue weighted by Crippen LogP contribution is 2.10. The largest absolute Gasteiger partial charge is 0.193 e. The summed E-state index contributed by atoms with van der Waals surface area (Å²) in [7, 11) is 0. The molecule has 0 aliphatic rings. The first kappa shape index (κ1) is 14.5. The van der Waals surface area contributed by atoms with Crippen molar-refractivity contribution in [2.45, 2.75) is 52.4 Å². The molecule has 0 fully saturated rings. The van der Waals surface area contributed by atoms with E-state index in [0.29, 0.717) is 0 Å². The minimum atomic E-state index is 0.770. The van der Waals surface area contributed by atoms with Crippen LogP contribution in [0.25, 0.3) is 0 Å². The van der Waals surface area contributed by atoms with E-state index in [0.717, 1.165) is 49.7 Å². The molecule has 0 aromatic heterocycles. The topological polar surface area (TPSA) is 47.6 Å². The van der Waals surface area contributed by atoms with Crippen LogP contribution in [0.15, 0.2) is 23.3 Å². The van der Waals surface area contributed by atoms with Crippen molar-refractivity contribution in [3.05, 3.63) is 23.3 Å². The van der Waals surface area contributed by atoms with Crippen molar-refractivity contribution >= 4 is 0 Å². The van der Waals surface area contributed by atoms with Gasteiger partial charge in [-0.3, -0.25) is 0 Å². The molecule has 0 N–H and O–H groups in total. The number of rotatable bonds is 7. The monoisotopic (exact) mass is 216 g/mol. The molecule has 0 radical (unpaired) electrons. The smallest absolute Gasteiger partial charge is 0.0947 e. The molecular weight excluding hydrogens is 196 g/mol. The van der Waals surface area contributed by atoms with Crippen molar-refractivity contribution in [3.8, 4) is 12.1 Å². The van der Waals surface area contributed by atoms with E-state index < -0.39 is 0 Å². The van der Waals surface area contributed by atoms with Crippen molar-refractivity contribution < 1.29 is 0 Å². The third kappa shape index (κ3) is 6.85. The first-order valence-electron chi connectivity index (χ1n) is 5.98. The molecule has 0 aliphatic heterocycles. The van der Waals surface area contributed by atoms with E-state index in [1.807, 2.05) is 0 Å². The van der Waals surface area contributed by atoms with Gasteiger partial charge in [0, 0.05) is 11.1 Å². The lowest BCUT2D eigenvalue weighted by atomic mass is 10.1. The van der Waals surface area contributed by atoms with Crippen molar-refractivity contribution in [1.29, 1.82) is 10.5 Å². The maximum Gasteiger partial charge on any atom is 0.0947 e. The predicted molar refractivity (Wildman–Crippen MR) is 66.4 cm³/mol. The van der Waals surface area contributed by atoms with E-state index in [2.05, 4.69) is 26.0 Å². The number of allylic oxidation sites excluding steroid dienone is 4.